The van der Waals surface area contributed by atoms with Crippen molar-refractivity contribution in [2.24, 2.45) is 0 Å². The van der Waals surface area contributed by atoms with Crippen LogP contribution in [-0.2, 0) is 11.3 Å². The zero-order valence-electron chi connectivity index (χ0n) is 19.4. The standard InChI is InChI=1S/C25H30N6O3/c1-18-6-8-19(9-7-18)17-31-22-21(5-2-10-26-22)28-23(24(31)32)29-11-13-30(14-12-29)25(33)27-16-20-4-3-15-34-20/h2,5-10,20H,3-4,11-17H2,1H3,(H,27,33)/t20-/m0/s1. The minimum atomic E-state index is -0.164. The Labute approximate surface area is 198 Å². The molecule has 9 nitrogen and oxygen atoms in total. The molecule has 0 radical (unpaired) electrons. The number of pyridine rings is 1. The van der Waals surface area contributed by atoms with Crippen molar-refractivity contribution in [2.75, 3.05) is 44.2 Å². The van der Waals surface area contributed by atoms with Crippen LogP contribution in [0.4, 0.5) is 10.6 Å². The number of amides is 2. The summed E-state index contributed by atoms with van der Waals surface area (Å²) >= 11 is 0. The Hall–Kier alpha value is -3.46. The van der Waals surface area contributed by atoms with Gasteiger partial charge >= 0.3 is 6.03 Å². The monoisotopic (exact) mass is 462 g/mol. The first-order valence-corrected chi connectivity index (χ1v) is 11.9. The molecule has 2 saturated heterocycles. The molecule has 2 aromatic heterocycles. The summed E-state index contributed by atoms with van der Waals surface area (Å²) < 4.78 is 7.28. The Morgan fingerprint density at radius 2 is 1.94 bits per heavy atom. The summed E-state index contributed by atoms with van der Waals surface area (Å²) in [7, 11) is 0. The number of rotatable bonds is 5. The summed E-state index contributed by atoms with van der Waals surface area (Å²) in [5, 5.41) is 2.98. The van der Waals surface area contributed by atoms with Crippen molar-refractivity contribution in [1.82, 2.24) is 24.8 Å². The number of aryl methyl sites for hydroxylation is 1. The van der Waals surface area contributed by atoms with E-state index in [4.69, 9.17) is 4.74 Å². The van der Waals surface area contributed by atoms with Crippen LogP contribution in [0.2, 0.25) is 0 Å². The van der Waals surface area contributed by atoms with Crippen LogP contribution in [0.5, 0.6) is 0 Å². The predicted octanol–water partition coefficient (Wildman–Crippen LogP) is 2.16. The number of hydrogen-bond acceptors (Lipinski definition) is 6. The zero-order chi connectivity index (χ0) is 23.5. The fourth-order valence-electron chi connectivity index (χ4n) is 4.53. The maximum absolute atomic E-state index is 13.5. The van der Waals surface area contributed by atoms with Gasteiger partial charge in [-0.25, -0.2) is 14.8 Å². The van der Waals surface area contributed by atoms with Crippen molar-refractivity contribution in [2.45, 2.75) is 32.4 Å². The number of aromatic nitrogens is 3. The highest BCUT2D eigenvalue weighted by molar-refractivity contribution is 5.75. The van der Waals surface area contributed by atoms with E-state index in [1.165, 1.54) is 5.56 Å². The number of nitrogens with one attached hydrogen (secondary N) is 1. The number of piperazine rings is 1. The van der Waals surface area contributed by atoms with Crippen molar-refractivity contribution in [1.29, 1.82) is 0 Å². The molecule has 1 N–H and O–H groups in total. The SMILES string of the molecule is Cc1ccc(Cn2c(=O)c(N3CCN(C(=O)NC[C@@H]4CCCO4)CC3)nc3cccnc32)cc1. The van der Waals surface area contributed by atoms with E-state index < -0.39 is 0 Å². The van der Waals surface area contributed by atoms with Gasteiger partial charge in [-0.05, 0) is 37.5 Å². The maximum atomic E-state index is 13.5. The van der Waals surface area contributed by atoms with E-state index in [-0.39, 0.29) is 17.7 Å². The number of anilines is 1. The first kappa shape index (κ1) is 22.3. The van der Waals surface area contributed by atoms with Gasteiger partial charge in [0.15, 0.2) is 11.5 Å². The van der Waals surface area contributed by atoms with Crippen LogP contribution in [0.15, 0.2) is 47.4 Å². The quantitative estimate of drug-likeness (QED) is 0.625. The molecule has 2 fully saturated rings. The summed E-state index contributed by atoms with van der Waals surface area (Å²) in [6.45, 7) is 5.94. The van der Waals surface area contributed by atoms with Gasteiger partial charge in [0, 0.05) is 45.5 Å². The Morgan fingerprint density at radius 3 is 2.68 bits per heavy atom. The molecule has 0 spiro atoms. The molecule has 3 aromatic rings. The molecule has 0 bridgehead atoms. The average molecular weight is 463 g/mol. The Kier molecular flexibility index (Phi) is 6.44. The van der Waals surface area contributed by atoms with E-state index in [9.17, 15) is 9.59 Å². The van der Waals surface area contributed by atoms with E-state index >= 15 is 0 Å². The maximum Gasteiger partial charge on any atom is 0.317 e. The molecule has 34 heavy (non-hydrogen) atoms. The summed E-state index contributed by atoms with van der Waals surface area (Å²) in [4.78, 5) is 39.0. The number of nitrogens with zero attached hydrogens (tertiary/aromatic N) is 5. The molecule has 2 aliphatic rings. The lowest BCUT2D eigenvalue weighted by molar-refractivity contribution is 0.108. The fourth-order valence-corrected chi connectivity index (χ4v) is 4.53. The van der Waals surface area contributed by atoms with Crippen molar-refractivity contribution >= 4 is 23.0 Å². The van der Waals surface area contributed by atoms with E-state index in [1.807, 2.05) is 48.2 Å². The number of hydrogen-bond donors (Lipinski definition) is 1. The highest BCUT2D eigenvalue weighted by atomic mass is 16.5. The predicted molar refractivity (Wildman–Crippen MR) is 130 cm³/mol. The lowest BCUT2D eigenvalue weighted by atomic mass is 10.1. The zero-order valence-corrected chi connectivity index (χ0v) is 19.4. The lowest BCUT2D eigenvalue weighted by Crippen LogP contribution is -2.53. The minimum absolute atomic E-state index is 0.0809. The number of carbonyl (C=O) groups is 1. The molecule has 1 aromatic carbocycles. The molecule has 5 rings (SSSR count). The second kappa shape index (κ2) is 9.80. The molecular formula is C25H30N6O3. The van der Waals surface area contributed by atoms with Crippen molar-refractivity contribution in [3.63, 3.8) is 0 Å². The summed E-state index contributed by atoms with van der Waals surface area (Å²) in [5.74, 6) is 0.409. The molecule has 0 aliphatic carbocycles. The fraction of sp³-hybridized carbons (Fsp3) is 0.440. The Balaban J connectivity index is 1.32. The van der Waals surface area contributed by atoms with Crippen molar-refractivity contribution in [3.05, 3.63) is 64.1 Å². The van der Waals surface area contributed by atoms with Crippen LogP contribution in [0.25, 0.3) is 11.2 Å². The number of ether oxygens (including phenoxy) is 1. The average Bonchev–Trinajstić information content (AvgIpc) is 3.39. The lowest BCUT2D eigenvalue weighted by Gasteiger charge is -2.35. The molecule has 0 unspecified atom stereocenters. The number of fused-ring (bicyclic) bond motifs is 1. The molecule has 178 valence electrons. The van der Waals surface area contributed by atoms with Gasteiger partial charge in [0.1, 0.15) is 5.52 Å². The Bertz CT molecular complexity index is 1210. The van der Waals surface area contributed by atoms with Crippen LogP contribution < -0.4 is 15.8 Å². The highest BCUT2D eigenvalue weighted by Crippen LogP contribution is 2.17. The second-order valence-corrected chi connectivity index (χ2v) is 8.95. The van der Waals surface area contributed by atoms with Gasteiger partial charge in [0.2, 0.25) is 0 Å². The van der Waals surface area contributed by atoms with Crippen LogP contribution >= 0.6 is 0 Å². The van der Waals surface area contributed by atoms with Gasteiger partial charge in [-0.1, -0.05) is 29.8 Å². The third kappa shape index (κ3) is 4.75. The van der Waals surface area contributed by atoms with Gasteiger partial charge in [-0.2, -0.15) is 0 Å². The van der Waals surface area contributed by atoms with Crippen molar-refractivity contribution in [3.8, 4) is 0 Å². The summed E-state index contributed by atoms with van der Waals surface area (Å²) in [6.07, 6.45) is 3.84. The first-order valence-electron chi connectivity index (χ1n) is 11.9. The van der Waals surface area contributed by atoms with Gasteiger partial charge in [0.05, 0.1) is 12.6 Å². The van der Waals surface area contributed by atoms with E-state index in [0.717, 1.165) is 25.0 Å². The summed E-state index contributed by atoms with van der Waals surface area (Å²) in [6, 6.07) is 11.8. The normalized spacial score (nSPS) is 18.4. The smallest absolute Gasteiger partial charge is 0.317 e. The van der Waals surface area contributed by atoms with Crippen molar-refractivity contribution < 1.29 is 9.53 Å². The van der Waals surface area contributed by atoms with E-state index in [0.29, 0.717) is 56.3 Å². The van der Waals surface area contributed by atoms with Crippen LogP contribution in [0, 0.1) is 6.92 Å². The molecular weight excluding hydrogens is 432 g/mol. The van der Waals surface area contributed by atoms with Crippen LogP contribution in [-0.4, -0.2) is 70.9 Å². The van der Waals surface area contributed by atoms with Gasteiger partial charge in [-0.3, -0.25) is 9.36 Å². The van der Waals surface area contributed by atoms with E-state index in [2.05, 4.69) is 15.3 Å². The Morgan fingerprint density at radius 1 is 1.15 bits per heavy atom. The molecule has 9 heteroatoms. The highest BCUT2D eigenvalue weighted by Gasteiger charge is 2.26. The number of urea groups is 1. The van der Waals surface area contributed by atoms with E-state index in [1.54, 1.807) is 15.7 Å². The largest absolute Gasteiger partial charge is 0.376 e. The molecule has 0 saturated carbocycles. The van der Waals surface area contributed by atoms with Crippen LogP contribution in [0.1, 0.15) is 24.0 Å². The number of benzene rings is 1. The third-order valence-corrected chi connectivity index (χ3v) is 6.52. The van der Waals surface area contributed by atoms with Gasteiger partial charge in [0.25, 0.3) is 5.56 Å². The van der Waals surface area contributed by atoms with Crippen LogP contribution in [0.3, 0.4) is 0 Å². The molecule has 2 aliphatic heterocycles. The molecule has 4 heterocycles. The topological polar surface area (TPSA) is 92.6 Å². The first-order chi connectivity index (χ1) is 16.6. The third-order valence-electron chi connectivity index (χ3n) is 6.52. The second-order valence-electron chi connectivity index (χ2n) is 8.95. The van der Waals surface area contributed by atoms with Gasteiger partial charge < -0.3 is 19.9 Å². The summed E-state index contributed by atoms with van der Waals surface area (Å²) in [5.41, 5.74) is 3.30. The minimum Gasteiger partial charge on any atom is -0.376 e. The molecule has 1 atom stereocenters. The number of carbonyl (C=O) groups excluding carboxylic acids is 1. The molecule has 2 amide bonds. The van der Waals surface area contributed by atoms with Gasteiger partial charge in [-0.15, -0.1) is 0 Å².